The number of piperidine rings is 1. The molecule has 28 heavy (non-hydrogen) atoms. The number of hydrogen-bond acceptors (Lipinski definition) is 5. The van der Waals surface area contributed by atoms with Crippen LogP contribution in [0, 0.1) is 11.8 Å². The largest absolute Gasteiger partial charge is 0.493 e. The van der Waals surface area contributed by atoms with E-state index < -0.39 is 0 Å². The summed E-state index contributed by atoms with van der Waals surface area (Å²) in [6, 6.07) is 5.93. The number of rotatable bonds is 7. The number of likely N-dealkylation sites (tertiary alicyclic amines) is 1. The van der Waals surface area contributed by atoms with E-state index in [1.807, 2.05) is 18.2 Å². The number of methoxy groups -OCH3 is 2. The van der Waals surface area contributed by atoms with Crippen molar-refractivity contribution in [3.05, 3.63) is 23.8 Å². The van der Waals surface area contributed by atoms with Gasteiger partial charge in [-0.1, -0.05) is 13.0 Å². The molecule has 0 bridgehead atoms. The standard InChI is InChI=1S/C21H31N3O4/c1-14-6-8-22-12-17(14)23-21(26)16-11-20(25)24(13-16)9-7-15-4-5-18(27-2)19(10-15)28-3/h4-5,10,14,16-17,22H,6-9,11-13H2,1-3H3,(H,23,26). The Labute approximate surface area is 166 Å². The molecule has 0 saturated carbocycles. The summed E-state index contributed by atoms with van der Waals surface area (Å²) >= 11 is 0. The number of carbonyl (C=O) groups excluding carboxylic acids is 2. The van der Waals surface area contributed by atoms with E-state index in [9.17, 15) is 9.59 Å². The molecule has 2 aliphatic heterocycles. The normalized spacial score (nSPS) is 24.9. The summed E-state index contributed by atoms with van der Waals surface area (Å²) in [5, 5.41) is 6.47. The molecule has 0 radical (unpaired) electrons. The van der Waals surface area contributed by atoms with Crippen LogP contribution in [-0.2, 0) is 16.0 Å². The Kier molecular flexibility index (Phi) is 6.78. The molecule has 1 aromatic rings. The number of nitrogens with one attached hydrogen (secondary N) is 2. The molecule has 2 saturated heterocycles. The molecule has 7 nitrogen and oxygen atoms in total. The van der Waals surface area contributed by atoms with E-state index in [4.69, 9.17) is 9.47 Å². The molecule has 2 N–H and O–H groups in total. The molecule has 1 aromatic carbocycles. The third kappa shape index (κ3) is 4.76. The molecule has 2 heterocycles. The Bertz CT molecular complexity index is 709. The van der Waals surface area contributed by atoms with E-state index in [-0.39, 0.29) is 23.8 Å². The maximum atomic E-state index is 12.6. The SMILES string of the molecule is COc1ccc(CCN2CC(C(=O)NC3CNCCC3C)CC2=O)cc1OC. The van der Waals surface area contributed by atoms with Crippen molar-refractivity contribution >= 4 is 11.8 Å². The minimum Gasteiger partial charge on any atom is -0.493 e. The van der Waals surface area contributed by atoms with Crippen molar-refractivity contribution in [3.8, 4) is 11.5 Å². The lowest BCUT2D eigenvalue weighted by molar-refractivity contribution is -0.129. The molecule has 2 aliphatic rings. The van der Waals surface area contributed by atoms with Crippen LogP contribution in [0.5, 0.6) is 11.5 Å². The van der Waals surface area contributed by atoms with Crippen LogP contribution < -0.4 is 20.1 Å². The van der Waals surface area contributed by atoms with E-state index in [2.05, 4.69) is 17.6 Å². The number of carbonyl (C=O) groups is 2. The highest BCUT2D eigenvalue weighted by Crippen LogP contribution is 2.28. The van der Waals surface area contributed by atoms with Gasteiger partial charge in [0.15, 0.2) is 11.5 Å². The van der Waals surface area contributed by atoms with Crippen LogP contribution in [0.1, 0.15) is 25.3 Å². The molecule has 154 valence electrons. The van der Waals surface area contributed by atoms with Crippen molar-refractivity contribution in [1.29, 1.82) is 0 Å². The van der Waals surface area contributed by atoms with Crippen LogP contribution in [0.2, 0.25) is 0 Å². The Balaban J connectivity index is 1.52. The number of hydrogen-bond donors (Lipinski definition) is 2. The maximum absolute atomic E-state index is 12.6. The molecule has 0 aromatic heterocycles. The Hall–Kier alpha value is -2.28. The molecule has 2 fully saturated rings. The van der Waals surface area contributed by atoms with Gasteiger partial charge in [-0.2, -0.15) is 0 Å². The van der Waals surface area contributed by atoms with Crippen LogP contribution in [-0.4, -0.2) is 63.2 Å². The van der Waals surface area contributed by atoms with Crippen molar-refractivity contribution in [2.75, 3.05) is 40.4 Å². The fourth-order valence-corrected chi connectivity index (χ4v) is 3.95. The third-order valence-corrected chi connectivity index (χ3v) is 5.86. The second-order valence-corrected chi connectivity index (χ2v) is 7.77. The highest BCUT2D eigenvalue weighted by atomic mass is 16.5. The van der Waals surface area contributed by atoms with Gasteiger partial charge in [0.2, 0.25) is 11.8 Å². The van der Waals surface area contributed by atoms with Gasteiger partial charge in [-0.25, -0.2) is 0 Å². The number of benzene rings is 1. The summed E-state index contributed by atoms with van der Waals surface area (Å²) in [5.41, 5.74) is 1.07. The van der Waals surface area contributed by atoms with Gasteiger partial charge in [-0.3, -0.25) is 9.59 Å². The molecule has 0 aliphatic carbocycles. The molecule has 7 heteroatoms. The van der Waals surface area contributed by atoms with Crippen LogP contribution in [0.4, 0.5) is 0 Å². The molecular weight excluding hydrogens is 358 g/mol. The van der Waals surface area contributed by atoms with Gasteiger partial charge < -0.3 is 25.0 Å². The number of ether oxygens (including phenoxy) is 2. The minimum absolute atomic E-state index is 0.00233. The van der Waals surface area contributed by atoms with Crippen molar-refractivity contribution in [2.24, 2.45) is 11.8 Å². The fraction of sp³-hybridized carbons (Fsp3) is 0.619. The van der Waals surface area contributed by atoms with Gasteiger partial charge in [0.1, 0.15) is 0 Å². The maximum Gasteiger partial charge on any atom is 0.225 e. The van der Waals surface area contributed by atoms with E-state index in [1.165, 1.54) is 0 Å². The predicted octanol–water partition coefficient (Wildman–Crippen LogP) is 1.21. The summed E-state index contributed by atoms with van der Waals surface area (Å²) in [4.78, 5) is 26.8. The van der Waals surface area contributed by atoms with Gasteiger partial charge in [-0.05, 0) is 43.0 Å². The Morgan fingerprint density at radius 3 is 2.79 bits per heavy atom. The zero-order chi connectivity index (χ0) is 20.1. The van der Waals surface area contributed by atoms with Gasteiger partial charge in [0.25, 0.3) is 0 Å². The first kappa shape index (κ1) is 20.5. The molecule has 3 atom stereocenters. The van der Waals surface area contributed by atoms with E-state index in [1.54, 1.807) is 19.1 Å². The van der Waals surface area contributed by atoms with Gasteiger partial charge in [-0.15, -0.1) is 0 Å². The summed E-state index contributed by atoms with van der Waals surface area (Å²) < 4.78 is 10.6. The third-order valence-electron chi connectivity index (χ3n) is 5.86. The van der Waals surface area contributed by atoms with E-state index in [0.29, 0.717) is 43.3 Å². The first-order valence-corrected chi connectivity index (χ1v) is 10.0. The number of nitrogens with zero attached hydrogens (tertiary/aromatic N) is 1. The average molecular weight is 389 g/mol. The lowest BCUT2D eigenvalue weighted by Gasteiger charge is -2.31. The second kappa shape index (κ2) is 9.28. The first-order valence-electron chi connectivity index (χ1n) is 10.0. The van der Waals surface area contributed by atoms with Crippen LogP contribution >= 0.6 is 0 Å². The highest BCUT2D eigenvalue weighted by Gasteiger charge is 2.35. The second-order valence-electron chi connectivity index (χ2n) is 7.77. The van der Waals surface area contributed by atoms with Crippen LogP contribution in [0.15, 0.2) is 18.2 Å². The zero-order valence-corrected chi connectivity index (χ0v) is 17.0. The summed E-state index contributed by atoms with van der Waals surface area (Å²) in [5.74, 6) is 1.63. The molecule has 3 unspecified atom stereocenters. The minimum atomic E-state index is -0.257. The molecule has 0 spiro atoms. The quantitative estimate of drug-likeness (QED) is 0.733. The Morgan fingerprint density at radius 2 is 2.07 bits per heavy atom. The molecular formula is C21H31N3O4. The Morgan fingerprint density at radius 1 is 1.29 bits per heavy atom. The van der Waals surface area contributed by atoms with Gasteiger partial charge >= 0.3 is 0 Å². The van der Waals surface area contributed by atoms with Crippen molar-refractivity contribution in [1.82, 2.24) is 15.5 Å². The highest BCUT2D eigenvalue weighted by molar-refractivity contribution is 5.89. The molecule has 3 rings (SSSR count). The summed E-state index contributed by atoms with van der Waals surface area (Å²) in [6.45, 7) is 5.06. The van der Waals surface area contributed by atoms with E-state index in [0.717, 1.165) is 25.1 Å². The fourth-order valence-electron chi connectivity index (χ4n) is 3.95. The van der Waals surface area contributed by atoms with Crippen LogP contribution in [0.25, 0.3) is 0 Å². The first-order chi connectivity index (χ1) is 13.5. The zero-order valence-electron chi connectivity index (χ0n) is 17.0. The number of amides is 2. The lowest BCUT2D eigenvalue weighted by Crippen LogP contribution is -2.51. The lowest BCUT2D eigenvalue weighted by atomic mass is 9.94. The topological polar surface area (TPSA) is 79.9 Å². The van der Waals surface area contributed by atoms with Crippen molar-refractivity contribution in [2.45, 2.75) is 32.2 Å². The summed E-state index contributed by atoms with van der Waals surface area (Å²) in [6.07, 6.45) is 2.07. The van der Waals surface area contributed by atoms with Crippen molar-refractivity contribution in [3.63, 3.8) is 0 Å². The predicted molar refractivity (Wildman–Crippen MR) is 107 cm³/mol. The summed E-state index contributed by atoms with van der Waals surface area (Å²) in [7, 11) is 3.22. The van der Waals surface area contributed by atoms with Gasteiger partial charge in [0.05, 0.1) is 20.1 Å². The smallest absolute Gasteiger partial charge is 0.225 e. The monoisotopic (exact) mass is 389 g/mol. The average Bonchev–Trinajstić information content (AvgIpc) is 3.08. The van der Waals surface area contributed by atoms with Crippen molar-refractivity contribution < 1.29 is 19.1 Å². The van der Waals surface area contributed by atoms with Gasteiger partial charge in [0, 0.05) is 32.1 Å². The van der Waals surface area contributed by atoms with E-state index >= 15 is 0 Å². The van der Waals surface area contributed by atoms with Crippen LogP contribution in [0.3, 0.4) is 0 Å². The molecule has 2 amide bonds.